The van der Waals surface area contributed by atoms with Gasteiger partial charge in [0, 0.05) is 17.7 Å². The summed E-state index contributed by atoms with van der Waals surface area (Å²) < 4.78 is 10.2. The van der Waals surface area contributed by atoms with Gasteiger partial charge in [0.25, 0.3) is 5.91 Å². The van der Waals surface area contributed by atoms with E-state index in [9.17, 15) is 4.79 Å². The summed E-state index contributed by atoms with van der Waals surface area (Å²) in [4.78, 5) is 12.9. The Hall–Kier alpha value is -1.31. The summed E-state index contributed by atoms with van der Waals surface area (Å²) in [6, 6.07) is 8.07. The molecule has 0 unspecified atom stereocenters. The van der Waals surface area contributed by atoms with Crippen LogP contribution in [0.1, 0.15) is 28.1 Å². The minimum Gasteiger partial charge on any atom is -0.381 e. The van der Waals surface area contributed by atoms with Crippen LogP contribution >= 0.6 is 27.5 Å². The van der Waals surface area contributed by atoms with Crippen LogP contribution in [0.5, 0.6) is 0 Å². The summed E-state index contributed by atoms with van der Waals surface area (Å²) in [6.45, 7) is 1.27. The van der Waals surface area contributed by atoms with Crippen molar-refractivity contribution in [2.24, 2.45) is 0 Å². The fraction of sp³-hybridized carbons (Fsp3) is 0.357. The van der Waals surface area contributed by atoms with Crippen molar-refractivity contribution in [3.63, 3.8) is 0 Å². The van der Waals surface area contributed by atoms with Crippen LogP contribution in [0.25, 0.3) is 0 Å². The molecule has 2 aromatic rings. The SMILES string of the molecule is O=C(NC1(c2ccc(Br)cc2)CCOCC1)c1cnns1. The molecule has 1 aliphatic rings. The maximum Gasteiger partial charge on any atom is 0.265 e. The van der Waals surface area contributed by atoms with Crippen LogP contribution in [-0.4, -0.2) is 28.7 Å². The van der Waals surface area contributed by atoms with Gasteiger partial charge in [-0.25, -0.2) is 0 Å². The Balaban J connectivity index is 1.89. The number of ether oxygens (including phenoxy) is 1. The second kappa shape index (κ2) is 6.21. The molecule has 2 heterocycles. The number of hydrogen-bond donors (Lipinski definition) is 1. The molecular weight excluding hydrogens is 354 g/mol. The highest BCUT2D eigenvalue weighted by Gasteiger charge is 2.36. The Morgan fingerprint density at radius 1 is 1.29 bits per heavy atom. The summed E-state index contributed by atoms with van der Waals surface area (Å²) in [7, 11) is 0. The molecule has 1 amide bonds. The van der Waals surface area contributed by atoms with Crippen LogP contribution < -0.4 is 5.32 Å². The Bertz CT molecular complexity index is 610. The summed E-state index contributed by atoms with van der Waals surface area (Å²) >= 11 is 4.55. The van der Waals surface area contributed by atoms with Crippen molar-refractivity contribution < 1.29 is 9.53 Å². The molecule has 1 aromatic carbocycles. The number of benzene rings is 1. The molecule has 110 valence electrons. The smallest absolute Gasteiger partial charge is 0.265 e. The van der Waals surface area contributed by atoms with E-state index in [4.69, 9.17) is 4.74 Å². The van der Waals surface area contributed by atoms with Crippen molar-refractivity contribution in [3.05, 3.63) is 45.4 Å². The van der Waals surface area contributed by atoms with Crippen molar-refractivity contribution in [2.75, 3.05) is 13.2 Å². The molecule has 1 aliphatic heterocycles. The maximum atomic E-state index is 12.4. The maximum absolute atomic E-state index is 12.4. The van der Waals surface area contributed by atoms with Gasteiger partial charge < -0.3 is 10.1 Å². The van der Waals surface area contributed by atoms with Crippen molar-refractivity contribution in [1.82, 2.24) is 14.9 Å². The van der Waals surface area contributed by atoms with Gasteiger partial charge in [0.2, 0.25) is 0 Å². The van der Waals surface area contributed by atoms with E-state index >= 15 is 0 Å². The quantitative estimate of drug-likeness (QED) is 0.905. The van der Waals surface area contributed by atoms with Crippen LogP contribution in [0.3, 0.4) is 0 Å². The van der Waals surface area contributed by atoms with E-state index in [1.54, 1.807) is 0 Å². The lowest BCUT2D eigenvalue weighted by molar-refractivity contribution is 0.0346. The van der Waals surface area contributed by atoms with Crippen LogP contribution in [0.4, 0.5) is 0 Å². The van der Waals surface area contributed by atoms with E-state index in [2.05, 4.69) is 30.8 Å². The highest BCUT2D eigenvalue weighted by atomic mass is 79.9. The number of rotatable bonds is 3. The number of carbonyl (C=O) groups is 1. The van der Waals surface area contributed by atoms with E-state index in [-0.39, 0.29) is 11.4 Å². The molecule has 0 saturated carbocycles. The summed E-state index contributed by atoms with van der Waals surface area (Å²) in [5.41, 5.74) is 0.708. The van der Waals surface area contributed by atoms with E-state index in [0.717, 1.165) is 34.4 Å². The van der Waals surface area contributed by atoms with Crippen LogP contribution in [0, 0.1) is 0 Å². The van der Waals surface area contributed by atoms with Gasteiger partial charge in [0.05, 0.1) is 11.7 Å². The second-order valence-electron chi connectivity index (χ2n) is 4.94. The van der Waals surface area contributed by atoms with Crippen molar-refractivity contribution >= 4 is 33.4 Å². The van der Waals surface area contributed by atoms with Gasteiger partial charge in [-0.05, 0) is 42.1 Å². The molecular formula is C14H14BrN3O2S. The van der Waals surface area contributed by atoms with Crippen molar-refractivity contribution in [2.45, 2.75) is 18.4 Å². The number of amides is 1. The third-order valence-corrected chi connectivity index (χ3v) is 4.87. The first-order valence-corrected chi connectivity index (χ1v) is 8.20. The van der Waals surface area contributed by atoms with Crippen molar-refractivity contribution in [3.8, 4) is 0 Å². The zero-order chi connectivity index (χ0) is 14.7. The largest absolute Gasteiger partial charge is 0.381 e. The summed E-state index contributed by atoms with van der Waals surface area (Å²) in [5.74, 6) is -0.130. The molecule has 0 aliphatic carbocycles. The Morgan fingerprint density at radius 3 is 2.62 bits per heavy atom. The summed E-state index contributed by atoms with van der Waals surface area (Å²) in [5, 5.41) is 6.89. The summed E-state index contributed by atoms with van der Waals surface area (Å²) in [6.07, 6.45) is 3.01. The molecule has 1 N–H and O–H groups in total. The van der Waals surface area contributed by atoms with Crippen molar-refractivity contribution in [1.29, 1.82) is 0 Å². The van der Waals surface area contributed by atoms with Crippen LogP contribution in [0.15, 0.2) is 34.9 Å². The molecule has 7 heteroatoms. The fourth-order valence-corrected chi connectivity index (χ4v) is 3.20. The third kappa shape index (κ3) is 3.14. The average Bonchev–Trinajstić information content (AvgIpc) is 3.03. The van der Waals surface area contributed by atoms with Gasteiger partial charge in [-0.3, -0.25) is 4.79 Å². The van der Waals surface area contributed by atoms with Gasteiger partial charge in [0.1, 0.15) is 4.88 Å². The van der Waals surface area contributed by atoms with E-state index in [1.807, 2.05) is 24.3 Å². The van der Waals surface area contributed by atoms with Gasteiger partial charge >= 0.3 is 0 Å². The molecule has 0 radical (unpaired) electrons. The lowest BCUT2D eigenvalue weighted by atomic mass is 9.82. The molecule has 1 fully saturated rings. The van der Waals surface area contributed by atoms with E-state index in [1.165, 1.54) is 6.20 Å². The normalized spacial score (nSPS) is 17.4. The van der Waals surface area contributed by atoms with Crippen LogP contribution in [-0.2, 0) is 10.3 Å². The van der Waals surface area contributed by atoms with Gasteiger partial charge in [-0.1, -0.05) is 32.6 Å². The molecule has 0 atom stereocenters. The molecule has 1 saturated heterocycles. The zero-order valence-electron chi connectivity index (χ0n) is 11.2. The average molecular weight is 368 g/mol. The second-order valence-corrected chi connectivity index (χ2v) is 6.64. The first-order valence-electron chi connectivity index (χ1n) is 6.63. The van der Waals surface area contributed by atoms with Crippen LogP contribution in [0.2, 0.25) is 0 Å². The minimum atomic E-state index is -0.389. The first-order chi connectivity index (χ1) is 10.2. The molecule has 0 spiro atoms. The number of nitrogens with zero attached hydrogens (tertiary/aromatic N) is 2. The number of hydrogen-bond acceptors (Lipinski definition) is 5. The van der Waals surface area contributed by atoms with Gasteiger partial charge in [-0.15, -0.1) is 5.10 Å². The zero-order valence-corrected chi connectivity index (χ0v) is 13.6. The Kier molecular flexibility index (Phi) is 4.32. The van der Waals surface area contributed by atoms with E-state index < -0.39 is 0 Å². The number of carbonyl (C=O) groups excluding carboxylic acids is 1. The Labute approximate surface area is 135 Å². The molecule has 5 nitrogen and oxygen atoms in total. The third-order valence-electron chi connectivity index (χ3n) is 3.68. The number of nitrogens with one attached hydrogen (secondary N) is 1. The predicted octanol–water partition coefficient (Wildman–Crippen LogP) is 2.74. The lowest BCUT2D eigenvalue weighted by Crippen LogP contribution is -2.49. The number of halogens is 1. The minimum absolute atomic E-state index is 0.130. The topological polar surface area (TPSA) is 64.1 Å². The fourth-order valence-electron chi connectivity index (χ4n) is 2.52. The first kappa shape index (κ1) is 14.6. The number of aromatic nitrogens is 2. The Morgan fingerprint density at radius 2 is 2.00 bits per heavy atom. The molecule has 0 bridgehead atoms. The monoisotopic (exact) mass is 367 g/mol. The predicted molar refractivity (Wildman–Crippen MR) is 83.2 cm³/mol. The lowest BCUT2D eigenvalue weighted by Gasteiger charge is -2.38. The standard InChI is InChI=1S/C14H14BrN3O2S/c15-11-3-1-10(2-4-11)14(5-7-20-8-6-14)17-13(19)12-9-16-18-21-12/h1-4,9H,5-8H2,(H,17,19). The van der Waals surface area contributed by atoms with Gasteiger partial charge in [0.15, 0.2) is 0 Å². The molecule has 21 heavy (non-hydrogen) atoms. The highest BCUT2D eigenvalue weighted by molar-refractivity contribution is 9.10. The molecule has 3 rings (SSSR count). The highest BCUT2D eigenvalue weighted by Crippen LogP contribution is 2.33. The molecule has 1 aromatic heterocycles. The van der Waals surface area contributed by atoms with E-state index in [0.29, 0.717) is 18.1 Å². The van der Waals surface area contributed by atoms with Gasteiger partial charge in [-0.2, -0.15) is 0 Å².